The quantitative estimate of drug-likeness (QED) is 0.808. The minimum atomic E-state index is 0.284. The molecule has 0 bridgehead atoms. The Morgan fingerprint density at radius 3 is 3.06 bits per heavy atom. The van der Waals surface area contributed by atoms with Crippen LogP contribution in [0.3, 0.4) is 0 Å². The van der Waals surface area contributed by atoms with Crippen LogP contribution in [-0.2, 0) is 18.4 Å². The highest BCUT2D eigenvalue weighted by atomic mass is 16.7. The second kappa shape index (κ2) is 3.78. The normalized spacial score (nSPS) is 14.2. The molecule has 2 N–H and O–H groups in total. The summed E-state index contributed by atoms with van der Waals surface area (Å²) < 4.78 is 12.4. The second-order valence-corrected chi connectivity index (χ2v) is 3.98. The molecule has 5 nitrogen and oxygen atoms in total. The molecule has 0 saturated carbocycles. The van der Waals surface area contributed by atoms with Crippen molar-refractivity contribution in [2.75, 3.05) is 12.5 Å². The number of nitrogens with zero attached hydrogens (tertiary/aromatic N) is 2. The standard InChI is InChI=1S/C12H13N3O2/c1-15-11(13)5-10(14-15)9-4-2-3-8-6-16-7-17-12(8)9/h2-5H,6-7,13H2,1H3. The SMILES string of the molecule is Cn1nc(-c2cccc3c2OCOC3)cc1N. The predicted molar refractivity (Wildman–Crippen MR) is 63.3 cm³/mol. The lowest BCUT2D eigenvalue weighted by Crippen LogP contribution is -2.12. The first kappa shape index (κ1) is 10.2. The first-order chi connectivity index (χ1) is 8.25. The number of hydrogen-bond acceptors (Lipinski definition) is 4. The number of ether oxygens (including phenoxy) is 2. The van der Waals surface area contributed by atoms with E-state index in [1.165, 1.54) is 0 Å². The van der Waals surface area contributed by atoms with Crippen LogP contribution >= 0.6 is 0 Å². The first-order valence-corrected chi connectivity index (χ1v) is 5.38. The van der Waals surface area contributed by atoms with Gasteiger partial charge in [-0.2, -0.15) is 5.10 Å². The molecule has 0 aliphatic carbocycles. The molecule has 1 aromatic heterocycles. The molecular weight excluding hydrogens is 218 g/mol. The Morgan fingerprint density at radius 1 is 1.41 bits per heavy atom. The van der Waals surface area contributed by atoms with Gasteiger partial charge in [0.15, 0.2) is 6.79 Å². The molecule has 0 amide bonds. The van der Waals surface area contributed by atoms with Crippen molar-refractivity contribution in [3.05, 3.63) is 29.8 Å². The fraction of sp³-hybridized carbons (Fsp3) is 0.250. The summed E-state index contributed by atoms with van der Waals surface area (Å²) >= 11 is 0. The van der Waals surface area contributed by atoms with Crippen molar-refractivity contribution in [2.24, 2.45) is 7.05 Å². The number of aromatic nitrogens is 2. The van der Waals surface area contributed by atoms with E-state index in [2.05, 4.69) is 5.10 Å². The molecule has 1 aromatic carbocycles. The number of rotatable bonds is 1. The minimum Gasteiger partial charge on any atom is -0.466 e. The molecule has 0 unspecified atom stereocenters. The highest BCUT2D eigenvalue weighted by Crippen LogP contribution is 2.35. The molecule has 1 aliphatic heterocycles. The van der Waals surface area contributed by atoms with Crippen LogP contribution in [0, 0.1) is 0 Å². The van der Waals surface area contributed by atoms with Crippen LogP contribution in [0.15, 0.2) is 24.3 Å². The van der Waals surface area contributed by atoms with E-state index in [4.69, 9.17) is 15.2 Å². The van der Waals surface area contributed by atoms with E-state index in [0.29, 0.717) is 12.4 Å². The number of para-hydroxylation sites is 1. The van der Waals surface area contributed by atoms with Gasteiger partial charge in [-0.1, -0.05) is 12.1 Å². The molecule has 3 rings (SSSR count). The highest BCUT2D eigenvalue weighted by Gasteiger charge is 2.17. The van der Waals surface area contributed by atoms with Gasteiger partial charge in [-0.15, -0.1) is 0 Å². The molecule has 0 atom stereocenters. The third-order valence-corrected chi connectivity index (χ3v) is 2.83. The smallest absolute Gasteiger partial charge is 0.189 e. The summed E-state index contributed by atoms with van der Waals surface area (Å²) in [7, 11) is 1.82. The minimum absolute atomic E-state index is 0.284. The Labute approximate surface area is 98.8 Å². The summed E-state index contributed by atoms with van der Waals surface area (Å²) in [5, 5.41) is 4.36. The van der Waals surface area contributed by atoms with Crippen molar-refractivity contribution in [1.82, 2.24) is 9.78 Å². The summed E-state index contributed by atoms with van der Waals surface area (Å²) in [4.78, 5) is 0. The van der Waals surface area contributed by atoms with E-state index >= 15 is 0 Å². The van der Waals surface area contributed by atoms with Gasteiger partial charge in [-0.05, 0) is 6.07 Å². The lowest BCUT2D eigenvalue weighted by Gasteiger charge is -2.19. The van der Waals surface area contributed by atoms with Crippen molar-refractivity contribution in [2.45, 2.75) is 6.61 Å². The van der Waals surface area contributed by atoms with Crippen LogP contribution in [0.5, 0.6) is 5.75 Å². The van der Waals surface area contributed by atoms with Crippen LogP contribution < -0.4 is 10.5 Å². The van der Waals surface area contributed by atoms with Crippen LogP contribution in [-0.4, -0.2) is 16.6 Å². The van der Waals surface area contributed by atoms with Gasteiger partial charge < -0.3 is 15.2 Å². The molecule has 17 heavy (non-hydrogen) atoms. The molecule has 0 spiro atoms. The van der Waals surface area contributed by atoms with Crippen molar-refractivity contribution < 1.29 is 9.47 Å². The van der Waals surface area contributed by atoms with Gasteiger partial charge in [0.1, 0.15) is 11.6 Å². The number of nitrogen functional groups attached to an aromatic ring is 1. The Kier molecular flexibility index (Phi) is 2.26. The highest BCUT2D eigenvalue weighted by molar-refractivity contribution is 5.71. The number of hydrogen-bond donors (Lipinski definition) is 1. The average molecular weight is 231 g/mol. The third-order valence-electron chi connectivity index (χ3n) is 2.83. The lowest BCUT2D eigenvalue weighted by molar-refractivity contribution is -0.0159. The Bertz CT molecular complexity index is 543. The maximum Gasteiger partial charge on any atom is 0.189 e. The van der Waals surface area contributed by atoms with E-state index < -0.39 is 0 Å². The monoisotopic (exact) mass is 231 g/mol. The van der Waals surface area contributed by atoms with Crippen molar-refractivity contribution in [3.63, 3.8) is 0 Å². The summed E-state index contributed by atoms with van der Waals surface area (Å²) in [6, 6.07) is 7.78. The first-order valence-electron chi connectivity index (χ1n) is 5.38. The third kappa shape index (κ3) is 1.64. The summed E-state index contributed by atoms with van der Waals surface area (Å²) in [5.41, 5.74) is 8.61. The largest absolute Gasteiger partial charge is 0.466 e. The predicted octanol–water partition coefficient (Wildman–Crippen LogP) is 1.54. The fourth-order valence-corrected chi connectivity index (χ4v) is 1.94. The van der Waals surface area contributed by atoms with E-state index in [1.54, 1.807) is 4.68 Å². The molecular formula is C12H13N3O2. The van der Waals surface area contributed by atoms with Crippen LogP contribution in [0.2, 0.25) is 0 Å². The molecule has 2 aromatic rings. The van der Waals surface area contributed by atoms with Gasteiger partial charge in [0, 0.05) is 24.2 Å². The van der Waals surface area contributed by atoms with Gasteiger partial charge in [0.05, 0.1) is 12.3 Å². The number of nitrogens with two attached hydrogens (primary N) is 1. The maximum atomic E-state index is 5.79. The summed E-state index contributed by atoms with van der Waals surface area (Å²) in [5.74, 6) is 1.47. The average Bonchev–Trinajstić information content (AvgIpc) is 2.69. The number of benzene rings is 1. The van der Waals surface area contributed by atoms with E-state index in [0.717, 1.165) is 22.6 Å². The van der Waals surface area contributed by atoms with Gasteiger partial charge in [0.25, 0.3) is 0 Å². The van der Waals surface area contributed by atoms with E-state index in [-0.39, 0.29) is 6.79 Å². The molecule has 0 saturated heterocycles. The molecule has 2 heterocycles. The summed E-state index contributed by atoms with van der Waals surface area (Å²) in [6.07, 6.45) is 0. The second-order valence-electron chi connectivity index (χ2n) is 3.98. The lowest BCUT2D eigenvalue weighted by atomic mass is 10.1. The molecule has 88 valence electrons. The Hall–Kier alpha value is -2.01. The van der Waals surface area contributed by atoms with Crippen LogP contribution in [0.4, 0.5) is 5.82 Å². The zero-order valence-corrected chi connectivity index (χ0v) is 9.51. The Morgan fingerprint density at radius 2 is 2.29 bits per heavy atom. The topological polar surface area (TPSA) is 62.3 Å². The van der Waals surface area contributed by atoms with Gasteiger partial charge in [0.2, 0.25) is 0 Å². The molecule has 1 aliphatic rings. The van der Waals surface area contributed by atoms with Crippen LogP contribution in [0.1, 0.15) is 5.56 Å². The zero-order valence-electron chi connectivity index (χ0n) is 9.51. The maximum absolute atomic E-state index is 5.79. The zero-order chi connectivity index (χ0) is 11.8. The van der Waals surface area contributed by atoms with Crippen LogP contribution in [0.25, 0.3) is 11.3 Å². The van der Waals surface area contributed by atoms with Gasteiger partial charge in [-0.25, -0.2) is 0 Å². The molecule has 0 fully saturated rings. The number of anilines is 1. The molecule has 0 radical (unpaired) electrons. The van der Waals surface area contributed by atoms with Crippen molar-refractivity contribution in [3.8, 4) is 17.0 Å². The van der Waals surface area contributed by atoms with Crippen molar-refractivity contribution >= 4 is 5.82 Å². The number of aryl methyl sites for hydroxylation is 1. The van der Waals surface area contributed by atoms with Crippen molar-refractivity contribution in [1.29, 1.82) is 0 Å². The molecule has 5 heteroatoms. The van der Waals surface area contributed by atoms with Gasteiger partial charge >= 0.3 is 0 Å². The fourth-order valence-electron chi connectivity index (χ4n) is 1.94. The Balaban J connectivity index is 2.14. The number of fused-ring (bicyclic) bond motifs is 1. The van der Waals surface area contributed by atoms with E-state index in [9.17, 15) is 0 Å². The summed E-state index contributed by atoms with van der Waals surface area (Å²) in [6.45, 7) is 0.859. The van der Waals surface area contributed by atoms with E-state index in [1.807, 2.05) is 31.3 Å². The van der Waals surface area contributed by atoms with Gasteiger partial charge in [-0.3, -0.25) is 4.68 Å².